The minimum absolute atomic E-state index is 0.141. The van der Waals surface area contributed by atoms with E-state index >= 15 is 0 Å². The first-order valence-corrected chi connectivity index (χ1v) is 4.53. The molecule has 5 heteroatoms. The third kappa shape index (κ3) is 3.34. The van der Waals surface area contributed by atoms with E-state index in [2.05, 4.69) is 0 Å². The molecular formula is C11H10F2O3. The Bertz CT molecular complexity index is 402. The van der Waals surface area contributed by atoms with E-state index in [1.165, 1.54) is 18.2 Å². The van der Waals surface area contributed by atoms with E-state index in [4.69, 9.17) is 9.84 Å². The largest absolute Gasteiger partial charge is 0.487 e. The molecular weight excluding hydrogens is 218 g/mol. The molecule has 16 heavy (non-hydrogen) atoms. The third-order valence-electron chi connectivity index (χ3n) is 1.73. The maximum absolute atomic E-state index is 13.3. The lowest BCUT2D eigenvalue weighted by Crippen LogP contribution is -2.02. The molecule has 3 nitrogen and oxygen atoms in total. The molecule has 1 aromatic rings. The van der Waals surface area contributed by atoms with Gasteiger partial charge in [-0.1, -0.05) is 12.1 Å². The predicted octanol–water partition coefficient (Wildman–Crippen LogP) is 2.27. The van der Waals surface area contributed by atoms with Crippen LogP contribution in [0.15, 0.2) is 24.3 Å². The SMILES string of the molecule is O=C(O)/C=C/c1cccc(F)c1OCCF. The first-order valence-electron chi connectivity index (χ1n) is 4.53. The number of halogens is 2. The summed E-state index contributed by atoms with van der Waals surface area (Å²) in [5.74, 6) is -1.95. The molecule has 0 amide bonds. The average molecular weight is 228 g/mol. The van der Waals surface area contributed by atoms with Crippen LogP contribution in [0, 0.1) is 5.82 Å². The van der Waals surface area contributed by atoms with Gasteiger partial charge in [0.05, 0.1) is 0 Å². The zero-order valence-corrected chi connectivity index (χ0v) is 8.32. The molecule has 1 rings (SSSR count). The highest BCUT2D eigenvalue weighted by molar-refractivity contribution is 5.85. The first kappa shape index (κ1) is 12.2. The van der Waals surface area contributed by atoms with Crippen LogP contribution in [-0.4, -0.2) is 24.4 Å². The van der Waals surface area contributed by atoms with Gasteiger partial charge >= 0.3 is 5.97 Å². The zero-order chi connectivity index (χ0) is 12.0. The molecule has 0 spiro atoms. The number of carboxylic acid groups (broad SMARTS) is 1. The number of ether oxygens (including phenoxy) is 1. The third-order valence-corrected chi connectivity index (χ3v) is 1.73. The van der Waals surface area contributed by atoms with E-state index in [1.807, 2.05) is 0 Å². The Balaban J connectivity index is 2.97. The van der Waals surface area contributed by atoms with Crippen LogP contribution < -0.4 is 4.74 Å². The van der Waals surface area contributed by atoms with Gasteiger partial charge in [0.1, 0.15) is 13.3 Å². The quantitative estimate of drug-likeness (QED) is 0.786. The molecule has 0 saturated carbocycles. The highest BCUT2D eigenvalue weighted by atomic mass is 19.1. The van der Waals surface area contributed by atoms with Gasteiger partial charge in [0, 0.05) is 11.6 Å². The van der Waals surface area contributed by atoms with Gasteiger partial charge in [0.15, 0.2) is 11.6 Å². The smallest absolute Gasteiger partial charge is 0.328 e. The minimum Gasteiger partial charge on any atom is -0.487 e. The van der Waals surface area contributed by atoms with Gasteiger partial charge in [0.25, 0.3) is 0 Å². The Kier molecular flexibility index (Phi) is 4.44. The molecule has 0 saturated heterocycles. The van der Waals surface area contributed by atoms with E-state index in [-0.39, 0.29) is 17.9 Å². The number of hydrogen-bond acceptors (Lipinski definition) is 2. The van der Waals surface area contributed by atoms with Crippen molar-refractivity contribution >= 4 is 12.0 Å². The van der Waals surface area contributed by atoms with Gasteiger partial charge in [-0.05, 0) is 12.1 Å². The molecule has 1 aromatic carbocycles. The summed E-state index contributed by atoms with van der Waals surface area (Å²) in [5.41, 5.74) is 0.260. The van der Waals surface area contributed by atoms with Crippen molar-refractivity contribution in [2.45, 2.75) is 0 Å². The molecule has 0 heterocycles. The Morgan fingerprint density at radius 3 is 2.88 bits per heavy atom. The second kappa shape index (κ2) is 5.85. The Hall–Kier alpha value is -1.91. The fourth-order valence-electron chi connectivity index (χ4n) is 1.11. The van der Waals surface area contributed by atoms with Crippen LogP contribution in [0.4, 0.5) is 8.78 Å². The molecule has 0 radical (unpaired) electrons. The monoisotopic (exact) mass is 228 g/mol. The van der Waals surface area contributed by atoms with Gasteiger partial charge in [-0.2, -0.15) is 0 Å². The number of hydrogen-bond donors (Lipinski definition) is 1. The number of benzene rings is 1. The van der Waals surface area contributed by atoms with E-state index in [0.29, 0.717) is 0 Å². The number of rotatable bonds is 5. The van der Waals surface area contributed by atoms with E-state index in [9.17, 15) is 13.6 Å². The molecule has 0 unspecified atom stereocenters. The lowest BCUT2D eigenvalue weighted by molar-refractivity contribution is -0.131. The molecule has 0 aliphatic rings. The summed E-state index contributed by atoms with van der Waals surface area (Å²) < 4.78 is 30.0. The molecule has 0 aliphatic carbocycles. The standard InChI is InChI=1S/C11H10F2O3/c12-6-7-16-11-8(4-5-10(14)15)2-1-3-9(11)13/h1-5H,6-7H2,(H,14,15)/b5-4+. The summed E-state index contributed by atoms with van der Waals surface area (Å²) in [6.07, 6.45) is 2.05. The second-order valence-electron chi connectivity index (χ2n) is 2.87. The molecule has 0 aliphatic heterocycles. The molecule has 0 aromatic heterocycles. The Labute approximate surface area is 91.0 Å². The van der Waals surface area contributed by atoms with Crippen LogP contribution in [0.25, 0.3) is 6.08 Å². The number of aliphatic carboxylic acids is 1. The summed E-state index contributed by atoms with van der Waals surface area (Å²) >= 11 is 0. The highest BCUT2D eigenvalue weighted by Gasteiger charge is 2.07. The molecule has 0 bridgehead atoms. The molecule has 86 valence electrons. The van der Waals surface area contributed by atoms with Crippen LogP contribution in [-0.2, 0) is 4.79 Å². The van der Waals surface area contributed by atoms with Gasteiger partial charge in [-0.15, -0.1) is 0 Å². The van der Waals surface area contributed by atoms with Gasteiger partial charge in [0.2, 0.25) is 0 Å². The molecule has 0 atom stereocenters. The topological polar surface area (TPSA) is 46.5 Å². The van der Waals surface area contributed by atoms with Gasteiger partial charge in [-0.3, -0.25) is 0 Å². The number of carbonyl (C=O) groups is 1. The van der Waals surface area contributed by atoms with E-state index in [0.717, 1.165) is 12.1 Å². The average Bonchev–Trinajstić information content (AvgIpc) is 2.25. The van der Waals surface area contributed by atoms with E-state index < -0.39 is 18.5 Å². The van der Waals surface area contributed by atoms with Gasteiger partial charge in [-0.25, -0.2) is 13.6 Å². The van der Waals surface area contributed by atoms with Crippen molar-refractivity contribution in [2.24, 2.45) is 0 Å². The van der Waals surface area contributed by atoms with Crippen molar-refractivity contribution in [2.75, 3.05) is 13.3 Å². The van der Waals surface area contributed by atoms with Crippen LogP contribution in [0.5, 0.6) is 5.75 Å². The van der Waals surface area contributed by atoms with Crippen molar-refractivity contribution < 1.29 is 23.4 Å². The lowest BCUT2D eigenvalue weighted by Gasteiger charge is -2.08. The summed E-state index contributed by atoms with van der Waals surface area (Å²) in [4.78, 5) is 10.3. The lowest BCUT2D eigenvalue weighted by atomic mass is 10.2. The van der Waals surface area contributed by atoms with Crippen molar-refractivity contribution in [1.29, 1.82) is 0 Å². The second-order valence-corrected chi connectivity index (χ2v) is 2.87. The fourth-order valence-corrected chi connectivity index (χ4v) is 1.11. The zero-order valence-electron chi connectivity index (χ0n) is 8.32. The maximum Gasteiger partial charge on any atom is 0.328 e. The number of para-hydroxylation sites is 1. The Morgan fingerprint density at radius 1 is 1.50 bits per heavy atom. The molecule has 1 N–H and O–H groups in total. The number of alkyl halides is 1. The van der Waals surface area contributed by atoms with E-state index in [1.54, 1.807) is 0 Å². The first-order chi connectivity index (χ1) is 7.65. The number of carboxylic acids is 1. The van der Waals surface area contributed by atoms with Crippen molar-refractivity contribution in [3.8, 4) is 5.75 Å². The Morgan fingerprint density at radius 2 is 2.25 bits per heavy atom. The van der Waals surface area contributed by atoms with Crippen LogP contribution >= 0.6 is 0 Å². The molecule has 0 fully saturated rings. The van der Waals surface area contributed by atoms with Crippen LogP contribution in [0.2, 0.25) is 0 Å². The van der Waals surface area contributed by atoms with Crippen molar-refractivity contribution in [3.05, 3.63) is 35.7 Å². The van der Waals surface area contributed by atoms with Crippen molar-refractivity contribution in [3.63, 3.8) is 0 Å². The van der Waals surface area contributed by atoms with Gasteiger partial charge < -0.3 is 9.84 Å². The summed E-state index contributed by atoms with van der Waals surface area (Å²) in [6.45, 7) is -1.01. The summed E-state index contributed by atoms with van der Waals surface area (Å²) in [6, 6.07) is 4.06. The summed E-state index contributed by atoms with van der Waals surface area (Å²) in [5, 5.41) is 8.43. The van der Waals surface area contributed by atoms with Crippen molar-refractivity contribution in [1.82, 2.24) is 0 Å². The summed E-state index contributed by atoms with van der Waals surface area (Å²) in [7, 11) is 0. The van der Waals surface area contributed by atoms with Crippen LogP contribution in [0.3, 0.4) is 0 Å². The predicted molar refractivity (Wildman–Crippen MR) is 54.5 cm³/mol. The van der Waals surface area contributed by atoms with Crippen LogP contribution in [0.1, 0.15) is 5.56 Å². The maximum atomic E-state index is 13.3. The highest BCUT2D eigenvalue weighted by Crippen LogP contribution is 2.23. The normalized spacial score (nSPS) is 10.6. The fraction of sp³-hybridized carbons (Fsp3) is 0.182. The minimum atomic E-state index is -1.15.